The second-order valence-corrected chi connectivity index (χ2v) is 10.1. The number of carbonyl (C=O) groups is 1. The van der Waals surface area contributed by atoms with E-state index < -0.39 is 41.5 Å². The summed E-state index contributed by atoms with van der Waals surface area (Å²) in [7, 11) is 0. The van der Waals surface area contributed by atoms with Gasteiger partial charge in [-0.2, -0.15) is 26.3 Å². The van der Waals surface area contributed by atoms with Crippen LogP contribution in [-0.2, 0) is 17.5 Å². The van der Waals surface area contributed by atoms with Crippen LogP contribution in [0.3, 0.4) is 0 Å². The highest BCUT2D eigenvalue weighted by Crippen LogP contribution is 2.35. The van der Waals surface area contributed by atoms with E-state index in [-0.39, 0.29) is 12.4 Å². The topological polar surface area (TPSA) is 51.2 Å². The molecule has 3 aliphatic heterocycles. The summed E-state index contributed by atoms with van der Waals surface area (Å²) in [5.74, 6) is -0.623. The number of nitrogens with zero attached hydrogens (tertiary/aromatic N) is 4. The second kappa shape index (κ2) is 11.1. The van der Waals surface area contributed by atoms with Crippen molar-refractivity contribution in [2.24, 2.45) is 4.99 Å². The van der Waals surface area contributed by atoms with E-state index in [9.17, 15) is 31.1 Å². The number of nitrogens with one attached hydrogen (secondary N) is 1. The van der Waals surface area contributed by atoms with Gasteiger partial charge in [0.1, 0.15) is 11.9 Å². The zero-order valence-corrected chi connectivity index (χ0v) is 22.2. The predicted molar refractivity (Wildman–Crippen MR) is 145 cm³/mol. The molecule has 1 saturated heterocycles. The third kappa shape index (κ3) is 6.06. The number of piperazine rings is 1. The van der Waals surface area contributed by atoms with Crippen LogP contribution < -0.4 is 15.1 Å². The molecule has 5 rings (SSSR count). The number of anilines is 2. The third-order valence-corrected chi connectivity index (χ3v) is 7.55. The molecule has 0 aromatic heterocycles. The van der Waals surface area contributed by atoms with Gasteiger partial charge < -0.3 is 20.0 Å². The summed E-state index contributed by atoms with van der Waals surface area (Å²) in [4.78, 5) is 22.9. The molecular formula is C29H29F6N5O. The van der Waals surface area contributed by atoms with Gasteiger partial charge >= 0.3 is 12.4 Å². The summed E-state index contributed by atoms with van der Waals surface area (Å²) in [6.07, 6.45) is -4.80. The lowest BCUT2D eigenvalue weighted by Gasteiger charge is -2.37. The fraction of sp³-hybridized carbons (Fsp3) is 0.379. The number of carbonyl (C=O) groups excluding carboxylic acids is 1. The van der Waals surface area contributed by atoms with Gasteiger partial charge in [0, 0.05) is 50.3 Å². The molecule has 0 radical (unpaired) electrons. The Labute approximate surface area is 233 Å². The van der Waals surface area contributed by atoms with E-state index in [2.05, 4.69) is 15.2 Å². The average molecular weight is 578 g/mol. The number of benzene rings is 2. The van der Waals surface area contributed by atoms with Crippen molar-refractivity contribution in [2.45, 2.75) is 44.3 Å². The summed E-state index contributed by atoms with van der Waals surface area (Å²) in [5.41, 5.74) is 1.04. The number of fused-ring (bicyclic) bond motifs is 1. The molecule has 2 atom stereocenters. The molecule has 1 amide bonds. The van der Waals surface area contributed by atoms with Gasteiger partial charge in [-0.3, -0.25) is 9.79 Å². The summed E-state index contributed by atoms with van der Waals surface area (Å²) in [6.45, 7) is 4.69. The highest BCUT2D eigenvalue weighted by molar-refractivity contribution is 6.06. The fourth-order valence-corrected chi connectivity index (χ4v) is 5.33. The number of hydrogen-bond donors (Lipinski definition) is 1. The van der Waals surface area contributed by atoms with Crippen LogP contribution in [0.2, 0.25) is 0 Å². The molecule has 0 saturated carbocycles. The molecule has 1 fully saturated rings. The number of amidine groups is 1. The van der Waals surface area contributed by atoms with E-state index in [4.69, 9.17) is 0 Å². The van der Waals surface area contributed by atoms with Crippen LogP contribution in [0.1, 0.15) is 24.5 Å². The minimum Gasteiger partial charge on any atom is -0.368 e. The van der Waals surface area contributed by atoms with Crippen LogP contribution in [0.5, 0.6) is 0 Å². The standard InChI is InChI=1S/C29H29F6N5O/c1-2-24-25(40-13-3-4-23(26(40)37-24)29(33,34)35)27(41)36-18-19-5-9-21(10-6-19)38-14-16-39(17-15-38)22-11-7-20(8-12-22)28(30,31)32/h3-13,24-25H,2,14-18H2,1H3,(H,36,41). The van der Waals surface area contributed by atoms with Gasteiger partial charge in [0.25, 0.3) is 0 Å². The van der Waals surface area contributed by atoms with Crippen molar-refractivity contribution < 1.29 is 31.1 Å². The lowest BCUT2D eigenvalue weighted by Crippen LogP contribution is -2.49. The fourth-order valence-electron chi connectivity index (χ4n) is 5.33. The van der Waals surface area contributed by atoms with Crippen molar-refractivity contribution in [1.29, 1.82) is 0 Å². The van der Waals surface area contributed by atoms with Crippen LogP contribution in [0.4, 0.5) is 37.7 Å². The summed E-state index contributed by atoms with van der Waals surface area (Å²) in [5, 5.41) is 2.85. The van der Waals surface area contributed by atoms with Crippen molar-refractivity contribution in [3.8, 4) is 0 Å². The number of allylic oxidation sites excluding steroid dienone is 2. The minimum absolute atomic E-state index is 0.211. The van der Waals surface area contributed by atoms with Crippen molar-refractivity contribution in [2.75, 3.05) is 36.0 Å². The highest BCUT2D eigenvalue weighted by atomic mass is 19.4. The van der Waals surface area contributed by atoms with Crippen LogP contribution >= 0.6 is 0 Å². The monoisotopic (exact) mass is 577 g/mol. The van der Waals surface area contributed by atoms with E-state index >= 15 is 0 Å². The van der Waals surface area contributed by atoms with Crippen molar-refractivity contribution in [1.82, 2.24) is 10.2 Å². The molecular weight excluding hydrogens is 548 g/mol. The lowest BCUT2D eigenvalue weighted by atomic mass is 10.0. The number of halogens is 6. The first-order valence-electron chi connectivity index (χ1n) is 13.3. The van der Waals surface area contributed by atoms with Crippen LogP contribution in [-0.4, -0.2) is 61.1 Å². The first-order valence-corrected chi connectivity index (χ1v) is 13.3. The Morgan fingerprint density at radius 1 is 0.878 bits per heavy atom. The molecule has 2 aromatic carbocycles. The average Bonchev–Trinajstić information content (AvgIpc) is 3.34. The van der Waals surface area contributed by atoms with E-state index in [0.29, 0.717) is 32.6 Å². The number of hydrogen-bond acceptors (Lipinski definition) is 5. The first-order chi connectivity index (χ1) is 19.5. The number of alkyl halides is 6. The van der Waals surface area contributed by atoms with E-state index in [1.54, 1.807) is 6.92 Å². The smallest absolute Gasteiger partial charge is 0.368 e. The van der Waals surface area contributed by atoms with Gasteiger partial charge in [-0.05, 0) is 60.5 Å². The zero-order chi connectivity index (χ0) is 29.4. The largest absolute Gasteiger partial charge is 0.419 e. The Hall–Kier alpha value is -3.96. The molecule has 1 N–H and O–H groups in total. The van der Waals surface area contributed by atoms with Crippen molar-refractivity contribution >= 4 is 23.1 Å². The van der Waals surface area contributed by atoms with Crippen molar-refractivity contribution in [3.63, 3.8) is 0 Å². The molecule has 2 unspecified atom stereocenters. The van der Waals surface area contributed by atoms with Crippen LogP contribution in [0, 0.1) is 0 Å². The molecule has 0 spiro atoms. The lowest BCUT2D eigenvalue weighted by molar-refractivity contribution is -0.137. The zero-order valence-electron chi connectivity index (χ0n) is 22.2. The van der Waals surface area contributed by atoms with Gasteiger partial charge in [-0.1, -0.05) is 19.1 Å². The molecule has 0 bridgehead atoms. The normalized spacial score (nSPS) is 21.0. The molecule has 3 aliphatic rings. The van der Waals surface area contributed by atoms with Crippen LogP contribution in [0.15, 0.2) is 77.4 Å². The molecule has 41 heavy (non-hydrogen) atoms. The Kier molecular flexibility index (Phi) is 7.76. The van der Waals surface area contributed by atoms with Gasteiger partial charge in [0.05, 0.1) is 17.2 Å². The number of aliphatic imine (C=N–C) groups is 1. The van der Waals surface area contributed by atoms with Crippen LogP contribution in [0.25, 0.3) is 0 Å². The Morgan fingerprint density at radius 3 is 1.95 bits per heavy atom. The molecule has 2 aromatic rings. The first kappa shape index (κ1) is 28.6. The van der Waals surface area contributed by atoms with Gasteiger partial charge in [-0.15, -0.1) is 0 Å². The Bertz CT molecular complexity index is 1340. The van der Waals surface area contributed by atoms with E-state index in [0.717, 1.165) is 35.1 Å². The maximum Gasteiger partial charge on any atom is 0.419 e. The summed E-state index contributed by atoms with van der Waals surface area (Å²) >= 11 is 0. The quantitative estimate of drug-likeness (QED) is 0.460. The van der Waals surface area contributed by atoms with E-state index in [1.807, 2.05) is 29.2 Å². The van der Waals surface area contributed by atoms with Gasteiger partial charge in [0.15, 0.2) is 0 Å². The number of rotatable bonds is 6. The summed E-state index contributed by atoms with van der Waals surface area (Å²) < 4.78 is 78.9. The number of amides is 1. The second-order valence-electron chi connectivity index (χ2n) is 10.1. The molecule has 0 aliphatic carbocycles. The van der Waals surface area contributed by atoms with Crippen molar-refractivity contribution in [3.05, 3.63) is 83.6 Å². The predicted octanol–water partition coefficient (Wildman–Crippen LogP) is 5.53. The maximum absolute atomic E-state index is 13.5. The molecule has 12 heteroatoms. The van der Waals surface area contributed by atoms with Gasteiger partial charge in [0.2, 0.25) is 5.91 Å². The maximum atomic E-state index is 13.5. The molecule has 218 valence electrons. The SMILES string of the molecule is CCC1N=C2C(C(F)(F)F)=CC=CN2C1C(=O)NCc1ccc(N2CCN(c3ccc(C(F)(F)F)cc3)CC2)cc1. The Balaban J connectivity index is 1.14. The molecule has 3 heterocycles. The highest BCUT2D eigenvalue weighted by Gasteiger charge is 2.47. The summed E-state index contributed by atoms with van der Waals surface area (Å²) in [6, 6.07) is 11.4. The Morgan fingerprint density at radius 2 is 1.44 bits per heavy atom. The van der Waals surface area contributed by atoms with Gasteiger partial charge in [-0.25, -0.2) is 0 Å². The minimum atomic E-state index is -4.57. The third-order valence-electron chi connectivity index (χ3n) is 7.55. The van der Waals surface area contributed by atoms with E-state index in [1.165, 1.54) is 29.3 Å². The molecule has 6 nitrogen and oxygen atoms in total.